The topological polar surface area (TPSA) is 108 Å². The summed E-state index contributed by atoms with van der Waals surface area (Å²) in [6.45, 7) is 0.301. The fourth-order valence-corrected chi connectivity index (χ4v) is 5.04. The largest absolute Gasteiger partial charge is 0.350 e. The molecule has 36 heavy (non-hydrogen) atoms. The molecule has 0 spiro atoms. The zero-order chi connectivity index (χ0) is 26.0. The van der Waals surface area contributed by atoms with Gasteiger partial charge in [-0.3, -0.25) is 14.5 Å². The Labute approximate surface area is 229 Å². The van der Waals surface area contributed by atoms with E-state index in [9.17, 15) is 14.4 Å². The Hall–Kier alpha value is -2.23. The van der Waals surface area contributed by atoms with Crippen LogP contribution < -0.4 is 16.4 Å². The molecule has 1 heterocycles. The Kier molecular flexibility index (Phi) is 8.52. The lowest BCUT2D eigenvalue weighted by Gasteiger charge is -2.32. The second-order valence-corrected chi connectivity index (χ2v) is 10.5. The lowest BCUT2D eigenvalue weighted by atomic mass is 9.92. The van der Waals surface area contributed by atoms with Crippen LogP contribution in [-0.4, -0.2) is 59.0 Å². The van der Waals surface area contributed by atoms with E-state index in [4.69, 9.17) is 52.1 Å². The standard InChI is InChI=1S/C24H25Cl4N5O3/c25-17-7-1-13(11-19(17)27)23(35)32-9-10-33(24(36)31-16-6-8-18(26)20(28)12-16)22(32)21(34)30-15-4-2-14(29)3-5-15/h1,6-8,11-12,14-15,22H,2-5,9-10,29H2,(H,30,34)(H,31,36). The first-order chi connectivity index (χ1) is 17.1. The molecular weight excluding hydrogens is 548 g/mol. The van der Waals surface area contributed by atoms with Crippen LogP contribution in [0.2, 0.25) is 20.1 Å². The summed E-state index contributed by atoms with van der Waals surface area (Å²) in [5.74, 6) is -0.880. The van der Waals surface area contributed by atoms with E-state index in [1.807, 2.05) is 0 Å². The molecule has 4 amide bonds. The van der Waals surface area contributed by atoms with Gasteiger partial charge in [0, 0.05) is 36.4 Å². The summed E-state index contributed by atoms with van der Waals surface area (Å²) in [5.41, 5.74) is 6.66. The van der Waals surface area contributed by atoms with Gasteiger partial charge in [0.05, 0.1) is 20.1 Å². The monoisotopic (exact) mass is 571 g/mol. The van der Waals surface area contributed by atoms with Crippen molar-refractivity contribution in [2.45, 2.75) is 43.9 Å². The number of nitrogens with two attached hydrogens (primary N) is 1. The third kappa shape index (κ3) is 6.01. The number of benzene rings is 2. The molecular formula is C24H25Cl4N5O3. The maximum atomic E-state index is 13.5. The number of rotatable bonds is 4. The lowest BCUT2D eigenvalue weighted by molar-refractivity contribution is -0.128. The summed E-state index contributed by atoms with van der Waals surface area (Å²) in [7, 11) is 0. The Bertz CT molecular complexity index is 1170. The molecule has 0 aromatic heterocycles. The van der Waals surface area contributed by atoms with Crippen LogP contribution in [0.25, 0.3) is 0 Å². The summed E-state index contributed by atoms with van der Waals surface area (Å²) in [6, 6.07) is 8.64. The SMILES string of the molecule is NC1CCC(NC(=O)C2N(C(=O)Nc3ccc(Cl)c(Cl)c3)CCN2C(=O)c2ccc(Cl)c(Cl)c2)CC1. The van der Waals surface area contributed by atoms with Crippen molar-refractivity contribution in [2.24, 2.45) is 5.73 Å². The fraction of sp³-hybridized carbons (Fsp3) is 0.375. The highest BCUT2D eigenvalue weighted by Crippen LogP contribution is 2.28. The number of nitrogens with one attached hydrogen (secondary N) is 2. The van der Waals surface area contributed by atoms with Gasteiger partial charge in [-0.1, -0.05) is 46.4 Å². The molecule has 1 aliphatic carbocycles. The van der Waals surface area contributed by atoms with E-state index in [0.717, 1.165) is 25.7 Å². The van der Waals surface area contributed by atoms with E-state index in [2.05, 4.69) is 10.6 Å². The molecule has 4 N–H and O–H groups in total. The van der Waals surface area contributed by atoms with Crippen LogP contribution in [0, 0.1) is 0 Å². The molecule has 4 rings (SSSR count). The molecule has 1 unspecified atom stereocenters. The van der Waals surface area contributed by atoms with Gasteiger partial charge < -0.3 is 21.3 Å². The van der Waals surface area contributed by atoms with Gasteiger partial charge in [0.25, 0.3) is 11.8 Å². The first-order valence-corrected chi connectivity index (χ1v) is 13.0. The van der Waals surface area contributed by atoms with Crippen molar-refractivity contribution in [3.05, 3.63) is 62.1 Å². The average Bonchev–Trinajstić information content (AvgIpc) is 3.30. The van der Waals surface area contributed by atoms with Gasteiger partial charge in [0.2, 0.25) is 0 Å². The Balaban J connectivity index is 1.57. The Morgan fingerprint density at radius 2 is 1.42 bits per heavy atom. The molecule has 2 fully saturated rings. The van der Waals surface area contributed by atoms with Crippen LogP contribution in [-0.2, 0) is 4.79 Å². The molecule has 192 valence electrons. The average molecular weight is 573 g/mol. The van der Waals surface area contributed by atoms with Crippen LogP contribution in [0.15, 0.2) is 36.4 Å². The Morgan fingerprint density at radius 3 is 2.06 bits per heavy atom. The molecule has 0 bridgehead atoms. The maximum Gasteiger partial charge on any atom is 0.323 e. The highest BCUT2D eigenvalue weighted by Gasteiger charge is 2.43. The van der Waals surface area contributed by atoms with Crippen LogP contribution in [0.1, 0.15) is 36.0 Å². The van der Waals surface area contributed by atoms with Gasteiger partial charge >= 0.3 is 6.03 Å². The third-order valence-corrected chi connectivity index (χ3v) is 7.86. The first-order valence-electron chi connectivity index (χ1n) is 11.5. The second kappa shape index (κ2) is 11.4. The molecule has 1 saturated heterocycles. The number of hydrogen-bond acceptors (Lipinski definition) is 4. The van der Waals surface area contributed by atoms with Gasteiger partial charge in [0.15, 0.2) is 6.17 Å². The van der Waals surface area contributed by atoms with Crippen LogP contribution in [0.4, 0.5) is 10.5 Å². The smallest absolute Gasteiger partial charge is 0.323 e. The van der Waals surface area contributed by atoms with E-state index >= 15 is 0 Å². The second-order valence-electron chi connectivity index (χ2n) is 8.87. The van der Waals surface area contributed by atoms with E-state index < -0.39 is 24.0 Å². The number of hydrogen-bond donors (Lipinski definition) is 3. The number of urea groups is 1. The predicted molar refractivity (Wildman–Crippen MR) is 142 cm³/mol. The van der Waals surface area contributed by atoms with Crippen molar-refractivity contribution in [3.8, 4) is 0 Å². The quantitative estimate of drug-likeness (QED) is 0.479. The molecule has 1 atom stereocenters. The highest BCUT2D eigenvalue weighted by atomic mass is 35.5. The molecule has 0 radical (unpaired) electrons. The predicted octanol–water partition coefficient (Wildman–Crippen LogP) is 5.00. The summed E-state index contributed by atoms with van der Waals surface area (Å²) < 4.78 is 0. The molecule has 2 aromatic rings. The zero-order valence-corrected chi connectivity index (χ0v) is 22.2. The normalized spacial score (nSPS) is 21.9. The lowest BCUT2D eigenvalue weighted by Crippen LogP contribution is -2.56. The first kappa shape index (κ1) is 26.8. The third-order valence-electron chi connectivity index (χ3n) is 6.38. The van der Waals surface area contributed by atoms with Gasteiger partial charge in [-0.25, -0.2) is 4.79 Å². The number of carbonyl (C=O) groups excluding carboxylic acids is 3. The van der Waals surface area contributed by atoms with Gasteiger partial charge in [0.1, 0.15) is 0 Å². The number of nitrogens with zero attached hydrogens (tertiary/aromatic N) is 2. The maximum absolute atomic E-state index is 13.5. The zero-order valence-electron chi connectivity index (χ0n) is 19.1. The summed E-state index contributed by atoms with van der Waals surface area (Å²) in [6.07, 6.45) is 1.89. The molecule has 1 aliphatic heterocycles. The van der Waals surface area contributed by atoms with Crippen molar-refractivity contribution in [2.75, 3.05) is 18.4 Å². The number of halogens is 4. The summed E-state index contributed by atoms with van der Waals surface area (Å²) >= 11 is 24.1. The molecule has 12 heteroatoms. The Morgan fingerprint density at radius 1 is 0.806 bits per heavy atom. The minimum absolute atomic E-state index is 0.0835. The molecule has 2 aliphatic rings. The van der Waals surface area contributed by atoms with Crippen molar-refractivity contribution in [1.82, 2.24) is 15.1 Å². The molecule has 1 saturated carbocycles. The number of anilines is 1. The van der Waals surface area contributed by atoms with E-state index in [1.165, 1.54) is 34.1 Å². The summed E-state index contributed by atoms with van der Waals surface area (Å²) in [4.78, 5) is 42.8. The van der Waals surface area contributed by atoms with Crippen molar-refractivity contribution in [3.63, 3.8) is 0 Å². The highest BCUT2D eigenvalue weighted by molar-refractivity contribution is 6.42. The van der Waals surface area contributed by atoms with E-state index in [0.29, 0.717) is 15.7 Å². The van der Waals surface area contributed by atoms with Gasteiger partial charge in [-0.15, -0.1) is 0 Å². The number of carbonyl (C=O) groups is 3. The molecule has 2 aromatic carbocycles. The fourth-order valence-electron chi connectivity index (χ4n) is 4.44. The minimum Gasteiger partial charge on any atom is -0.350 e. The van der Waals surface area contributed by atoms with Crippen LogP contribution in [0.3, 0.4) is 0 Å². The van der Waals surface area contributed by atoms with Crippen molar-refractivity contribution >= 4 is 69.9 Å². The van der Waals surface area contributed by atoms with Crippen molar-refractivity contribution < 1.29 is 14.4 Å². The minimum atomic E-state index is -1.16. The number of amides is 4. The molecule has 8 nitrogen and oxygen atoms in total. The van der Waals surface area contributed by atoms with Crippen LogP contribution in [0.5, 0.6) is 0 Å². The van der Waals surface area contributed by atoms with E-state index in [1.54, 1.807) is 12.1 Å². The van der Waals surface area contributed by atoms with Crippen molar-refractivity contribution in [1.29, 1.82) is 0 Å². The van der Waals surface area contributed by atoms with Crippen LogP contribution >= 0.6 is 46.4 Å². The van der Waals surface area contributed by atoms with E-state index in [-0.39, 0.29) is 40.8 Å². The van der Waals surface area contributed by atoms with Gasteiger partial charge in [-0.05, 0) is 62.1 Å². The summed E-state index contributed by atoms with van der Waals surface area (Å²) in [5, 5.41) is 6.89. The van der Waals surface area contributed by atoms with Gasteiger partial charge in [-0.2, -0.15) is 0 Å².